The molecular weight excluding hydrogens is 288 g/mol. The van der Waals surface area contributed by atoms with Crippen molar-refractivity contribution in [1.29, 1.82) is 0 Å². The normalized spacial score (nSPS) is 17.8. The number of ether oxygens (including phenoxy) is 2. The van der Waals surface area contributed by atoms with Gasteiger partial charge in [-0.2, -0.15) is 0 Å². The van der Waals surface area contributed by atoms with Gasteiger partial charge in [0.15, 0.2) is 0 Å². The van der Waals surface area contributed by atoms with E-state index >= 15 is 0 Å². The first kappa shape index (κ1) is 18.7. The SMILES string of the molecule is COCC(C)(C)NC1(CC(=O)O)CN(C(=O)OC(C)(C)C)C1. The molecule has 1 aliphatic heterocycles. The van der Waals surface area contributed by atoms with Crippen LogP contribution in [0.25, 0.3) is 0 Å². The first-order chi connectivity index (χ1) is 9.88. The summed E-state index contributed by atoms with van der Waals surface area (Å²) in [6.45, 7) is 10.3. The summed E-state index contributed by atoms with van der Waals surface area (Å²) < 4.78 is 10.5. The number of methoxy groups -OCH3 is 1. The number of amides is 1. The maximum atomic E-state index is 12.0. The summed E-state index contributed by atoms with van der Waals surface area (Å²) in [7, 11) is 1.60. The van der Waals surface area contributed by atoms with Crippen molar-refractivity contribution in [2.24, 2.45) is 0 Å². The van der Waals surface area contributed by atoms with Crippen LogP contribution in [0.1, 0.15) is 41.0 Å². The van der Waals surface area contributed by atoms with Crippen LogP contribution in [0.3, 0.4) is 0 Å². The molecule has 1 fully saturated rings. The summed E-state index contributed by atoms with van der Waals surface area (Å²) in [5.74, 6) is -0.899. The molecule has 0 aliphatic carbocycles. The zero-order valence-electron chi connectivity index (χ0n) is 14.4. The highest BCUT2D eigenvalue weighted by molar-refractivity contribution is 5.73. The van der Waals surface area contributed by atoms with Crippen LogP contribution in [0, 0.1) is 0 Å². The molecule has 0 spiro atoms. The first-order valence-corrected chi connectivity index (χ1v) is 7.36. The van der Waals surface area contributed by atoms with Crippen LogP contribution in [0.5, 0.6) is 0 Å². The molecule has 0 atom stereocenters. The molecule has 128 valence electrons. The van der Waals surface area contributed by atoms with Crippen molar-refractivity contribution in [3.05, 3.63) is 0 Å². The van der Waals surface area contributed by atoms with Crippen molar-refractivity contribution < 1.29 is 24.2 Å². The Morgan fingerprint density at radius 2 is 1.77 bits per heavy atom. The fourth-order valence-corrected chi connectivity index (χ4v) is 2.78. The molecule has 7 nitrogen and oxygen atoms in total. The van der Waals surface area contributed by atoms with Gasteiger partial charge in [0.1, 0.15) is 5.60 Å². The monoisotopic (exact) mass is 316 g/mol. The van der Waals surface area contributed by atoms with Gasteiger partial charge in [-0.15, -0.1) is 0 Å². The Kier molecular flexibility index (Phi) is 5.46. The maximum absolute atomic E-state index is 12.0. The smallest absolute Gasteiger partial charge is 0.410 e. The Hall–Kier alpha value is -1.34. The van der Waals surface area contributed by atoms with Gasteiger partial charge < -0.3 is 24.8 Å². The van der Waals surface area contributed by atoms with Gasteiger partial charge in [0.25, 0.3) is 0 Å². The molecule has 0 radical (unpaired) electrons. The van der Waals surface area contributed by atoms with Gasteiger partial charge in [-0.05, 0) is 34.6 Å². The van der Waals surface area contributed by atoms with E-state index in [1.807, 2.05) is 13.8 Å². The standard InChI is InChI=1S/C15H28N2O5/c1-13(2,3)22-12(20)17-8-15(9-17,7-11(18)19)16-14(4,5)10-21-6/h16H,7-10H2,1-6H3,(H,18,19). The van der Waals surface area contributed by atoms with Crippen molar-refractivity contribution in [1.82, 2.24) is 10.2 Å². The molecule has 1 saturated heterocycles. The van der Waals surface area contributed by atoms with Crippen molar-refractivity contribution in [2.45, 2.75) is 57.7 Å². The number of carboxylic acids is 1. The molecule has 1 amide bonds. The summed E-state index contributed by atoms with van der Waals surface area (Å²) in [6.07, 6.45) is -0.473. The van der Waals surface area contributed by atoms with E-state index in [1.54, 1.807) is 27.9 Å². The third-order valence-corrected chi connectivity index (χ3v) is 3.24. The Bertz CT molecular complexity index is 422. The average molecular weight is 316 g/mol. The van der Waals surface area contributed by atoms with E-state index in [2.05, 4.69) is 5.32 Å². The molecule has 1 rings (SSSR count). The number of nitrogens with one attached hydrogen (secondary N) is 1. The van der Waals surface area contributed by atoms with Crippen LogP contribution in [-0.4, -0.2) is 65.6 Å². The van der Waals surface area contributed by atoms with Crippen LogP contribution in [0.2, 0.25) is 0 Å². The molecular formula is C15H28N2O5. The molecule has 1 aliphatic rings. The highest BCUT2D eigenvalue weighted by atomic mass is 16.6. The zero-order chi connectivity index (χ0) is 17.2. The van der Waals surface area contributed by atoms with Gasteiger partial charge in [0.05, 0.1) is 18.6 Å². The summed E-state index contributed by atoms with van der Waals surface area (Å²) in [5, 5.41) is 12.5. The minimum atomic E-state index is -0.899. The number of aliphatic carboxylic acids is 1. The molecule has 1 heterocycles. The van der Waals surface area contributed by atoms with Gasteiger partial charge in [-0.1, -0.05) is 0 Å². The summed E-state index contributed by atoms with van der Waals surface area (Å²) >= 11 is 0. The molecule has 0 saturated carbocycles. The molecule has 0 unspecified atom stereocenters. The van der Waals surface area contributed by atoms with E-state index in [0.29, 0.717) is 19.7 Å². The number of rotatable bonds is 6. The molecule has 0 bridgehead atoms. The van der Waals surface area contributed by atoms with Crippen molar-refractivity contribution >= 4 is 12.1 Å². The number of carbonyl (C=O) groups excluding carboxylic acids is 1. The molecule has 0 aromatic rings. The Morgan fingerprint density at radius 3 is 2.18 bits per heavy atom. The zero-order valence-corrected chi connectivity index (χ0v) is 14.4. The number of likely N-dealkylation sites (tertiary alicyclic amines) is 1. The highest BCUT2D eigenvalue weighted by Gasteiger charge is 2.50. The number of carbonyl (C=O) groups is 2. The lowest BCUT2D eigenvalue weighted by Crippen LogP contribution is -2.74. The highest BCUT2D eigenvalue weighted by Crippen LogP contribution is 2.29. The van der Waals surface area contributed by atoms with Gasteiger partial charge in [0.2, 0.25) is 0 Å². The molecule has 22 heavy (non-hydrogen) atoms. The number of nitrogens with zero attached hydrogens (tertiary/aromatic N) is 1. The van der Waals surface area contributed by atoms with E-state index in [0.717, 1.165) is 0 Å². The quantitative estimate of drug-likeness (QED) is 0.771. The van der Waals surface area contributed by atoms with Crippen LogP contribution in [0.15, 0.2) is 0 Å². The first-order valence-electron chi connectivity index (χ1n) is 7.36. The Morgan fingerprint density at radius 1 is 1.23 bits per heavy atom. The van der Waals surface area contributed by atoms with Crippen LogP contribution in [0.4, 0.5) is 4.79 Å². The van der Waals surface area contributed by atoms with E-state index < -0.39 is 23.2 Å². The second-order valence-electron chi connectivity index (χ2n) is 7.63. The topological polar surface area (TPSA) is 88.1 Å². The Labute approximate surface area is 131 Å². The minimum absolute atomic E-state index is 0.0561. The Balaban J connectivity index is 2.71. The van der Waals surface area contributed by atoms with Gasteiger partial charge in [0, 0.05) is 25.7 Å². The lowest BCUT2D eigenvalue weighted by atomic mass is 9.83. The fraction of sp³-hybridized carbons (Fsp3) is 0.867. The molecule has 0 aromatic heterocycles. The predicted molar refractivity (Wildman–Crippen MR) is 81.9 cm³/mol. The summed E-state index contributed by atoms with van der Waals surface area (Å²) in [6, 6.07) is 0. The largest absolute Gasteiger partial charge is 0.481 e. The van der Waals surface area contributed by atoms with Gasteiger partial charge in [-0.25, -0.2) is 4.79 Å². The van der Waals surface area contributed by atoms with E-state index in [-0.39, 0.29) is 12.0 Å². The second-order valence-corrected chi connectivity index (χ2v) is 7.63. The van der Waals surface area contributed by atoms with E-state index in [1.165, 1.54) is 4.90 Å². The van der Waals surface area contributed by atoms with E-state index in [9.17, 15) is 9.59 Å². The van der Waals surface area contributed by atoms with Crippen molar-refractivity contribution in [3.8, 4) is 0 Å². The second kappa shape index (κ2) is 6.42. The summed E-state index contributed by atoms with van der Waals surface area (Å²) in [5.41, 5.74) is -1.60. The van der Waals surface area contributed by atoms with Crippen LogP contribution in [-0.2, 0) is 14.3 Å². The van der Waals surface area contributed by atoms with Crippen LogP contribution < -0.4 is 5.32 Å². The number of hydrogen-bond acceptors (Lipinski definition) is 5. The predicted octanol–water partition coefficient (Wildman–Crippen LogP) is 1.47. The van der Waals surface area contributed by atoms with Crippen LogP contribution >= 0.6 is 0 Å². The molecule has 2 N–H and O–H groups in total. The number of carboxylic acid groups (broad SMARTS) is 1. The lowest BCUT2D eigenvalue weighted by molar-refractivity contribution is -0.141. The summed E-state index contributed by atoms with van der Waals surface area (Å²) in [4.78, 5) is 24.7. The maximum Gasteiger partial charge on any atom is 0.410 e. The van der Waals surface area contributed by atoms with Crippen molar-refractivity contribution in [2.75, 3.05) is 26.8 Å². The van der Waals surface area contributed by atoms with Gasteiger partial charge >= 0.3 is 12.1 Å². The van der Waals surface area contributed by atoms with Crippen molar-refractivity contribution in [3.63, 3.8) is 0 Å². The fourth-order valence-electron chi connectivity index (χ4n) is 2.78. The molecule has 7 heteroatoms. The molecule has 0 aromatic carbocycles. The third-order valence-electron chi connectivity index (χ3n) is 3.24. The third kappa shape index (κ3) is 5.46. The lowest BCUT2D eigenvalue weighted by Gasteiger charge is -2.52. The average Bonchev–Trinajstić information content (AvgIpc) is 2.20. The van der Waals surface area contributed by atoms with Gasteiger partial charge in [-0.3, -0.25) is 4.79 Å². The number of hydrogen-bond donors (Lipinski definition) is 2. The minimum Gasteiger partial charge on any atom is -0.481 e. The van der Waals surface area contributed by atoms with E-state index in [4.69, 9.17) is 14.6 Å².